The third-order valence-corrected chi connectivity index (χ3v) is 3.50. The second kappa shape index (κ2) is 5.51. The molecule has 3 heteroatoms. The van der Waals surface area contributed by atoms with Crippen LogP contribution in [0.3, 0.4) is 0 Å². The standard InChI is InChI=1S/C16H26N2O/c1-12(11-18(4)5)17-14-10-16(2,3)19-15-9-7-6-8-13(14)15/h6-9,12,14,17H,10-11H2,1-5H3. The number of rotatable bonds is 4. The molecule has 0 bridgehead atoms. The van der Waals surface area contributed by atoms with Crippen LogP contribution >= 0.6 is 0 Å². The van der Waals surface area contributed by atoms with Crippen LogP contribution in [0.1, 0.15) is 38.8 Å². The lowest BCUT2D eigenvalue weighted by atomic mass is 9.89. The molecule has 1 aromatic carbocycles. The van der Waals surface area contributed by atoms with Crippen LogP contribution in [-0.4, -0.2) is 37.2 Å². The van der Waals surface area contributed by atoms with Crippen LogP contribution < -0.4 is 10.1 Å². The third kappa shape index (κ3) is 3.71. The molecule has 106 valence electrons. The van der Waals surface area contributed by atoms with Gasteiger partial charge in [-0.05, 0) is 40.9 Å². The van der Waals surface area contributed by atoms with Gasteiger partial charge in [0.1, 0.15) is 11.4 Å². The first kappa shape index (κ1) is 14.4. The van der Waals surface area contributed by atoms with Crippen LogP contribution in [0.2, 0.25) is 0 Å². The predicted molar refractivity (Wildman–Crippen MR) is 79.7 cm³/mol. The normalized spacial score (nSPS) is 22.7. The maximum atomic E-state index is 6.06. The molecule has 2 atom stereocenters. The zero-order chi connectivity index (χ0) is 14.0. The van der Waals surface area contributed by atoms with Gasteiger partial charge in [0.25, 0.3) is 0 Å². The number of likely N-dealkylation sites (N-methyl/N-ethyl adjacent to an activating group) is 1. The Balaban J connectivity index is 2.16. The van der Waals surface area contributed by atoms with Crippen molar-refractivity contribution in [3.8, 4) is 5.75 Å². The van der Waals surface area contributed by atoms with E-state index in [1.165, 1.54) is 5.56 Å². The summed E-state index contributed by atoms with van der Waals surface area (Å²) >= 11 is 0. The van der Waals surface area contributed by atoms with Crippen molar-refractivity contribution in [3.63, 3.8) is 0 Å². The Morgan fingerprint density at radius 2 is 2.05 bits per heavy atom. The molecule has 2 unspecified atom stereocenters. The summed E-state index contributed by atoms with van der Waals surface area (Å²) < 4.78 is 6.06. The molecule has 0 aliphatic carbocycles. The molecule has 1 aliphatic rings. The van der Waals surface area contributed by atoms with E-state index in [1.807, 2.05) is 6.07 Å². The van der Waals surface area contributed by atoms with Gasteiger partial charge in [-0.3, -0.25) is 0 Å². The molecule has 1 N–H and O–H groups in total. The Kier molecular flexibility index (Phi) is 4.16. The second-order valence-electron chi connectivity index (χ2n) is 6.49. The molecule has 3 nitrogen and oxygen atoms in total. The number of nitrogens with zero attached hydrogens (tertiary/aromatic N) is 1. The second-order valence-corrected chi connectivity index (χ2v) is 6.49. The van der Waals surface area contributed by atoms with Crippen LogP contribution in [0.4, 0.5) is 0 Å². The fourth-order valence-electron chi connectivity index (χ4n) is 2.89. The molecular weight excluding hydrogens is 236 g/mol. The summed E-state index contributed by atoms with van der Waals surface area (Å²) in [6.45, 7) is 7.60. The summed E-state index contributed by atoms with van der Waals surface area (Å²) in [5.74, 6) is 1.02. The zero-order valence-corrected chi connectivity index (χ0v) is 12.7. The van der Waals surface area contributed by atoms with Crippen LogP contribution in [0, 0.1) is 0 Å². The van der Waals surface area contributed by atoms with E-state index in [0.29, 0.717) is 12.1 Å². The monoisotopic (exact) mass is 262 g/mol. The van der Waals surface area contributed by atoms with Crippen molar-refractivity contribution in [1.29, 1.82) is 0 Å². The third-order valence-electron chi connectivity index (χ3n) is 3.50. The maximum Gasteiger partial charge on any atom is 0.124 e. The molecule has 0 amide bonds. The van der Waals surface area contributed by atoms with Gasteiger partial charge in [-0.15, -0.1) is 0 Å². The SMILES string of the molecule is CC(CN(C)C)NC1CC(C)(C)Oc2ccccc21. The first-order chi connectivity index (χ1) is 8.87. The van der Waals surface area contributed by atoms with Crippen molar-refractivity contribution in [2.24, 2.45) is 0 Å². The van der Waals surface area contributed by atoms with Gasteiger partial charge < -0.3 is 15.0 Å². The fourth-order valence-corrected chi connectivity index (χ4v) is 2.89. The zero-order valence-electron chi connectivity index (χ0n) is 12.7. The quantitative estimate of drug-likeness (QED) is 0.903. The lowest BCUT2D eigenvalue weighted by Crippen LogP contribution is -2.44. The predicted octanol–water partition coefficient (Wildman–Crippen LogP) is 2.83. The molecule has 1 heterocycles. The number of hydrogen-bond acceptors (Lipinski definition) is 3. The van der Waals surface area contributed by atoms with Crippen molar-refractivity contribution in [2.45, 2.75) is 44.9 Å². The smallest absolute Gasteiger partial charge is 0.124 e. The molecule has 0 saturated carbocycles. The highest BCUT2D eigenvalue weighted by Gasteiger charge is 2.33. The topological polar surface area (TPSA) is 24.5 Å². The Labute approximate surface area is 116 Å². The number of para-hydroxylation sites is 1. The van der Waals surface area contributed by atoms with E-state index in [-0.39, 0.29) is 5.60 Å². The summed E-state index contributed by atoms with van der Waals surface area (Å²) in [4.78, 5) is 2.22. The first-order valence-electron chi connectivity index (χ1n) is 7.06. The fraction of sp³-hybridized carbons (Fsp3) is 0.625. The summed E-state index contributed by atoms with van der Waals surface area (Å²) in [5, 5.41) is 3.74. The van der Waals surface area contributed by atoms with E-state index >= 15 is 0 Å². The molecule has 19 heavy (non-hydrogen) atoms. The summed E-state index contributed by atoms with van der Waals surface area (Å²) in [5.41, 5.74) is 1.18. The van der Waals surface area contributed by atoms with Crippen molar-refractivity contribution in [1.82, 2.24) is 10.2 Å². The number of ether oxygens (including phenoxy) is 1. The Hall–Kier alpha value is -1.06. The molecule has 0 aromatic heterocycles. The minimum atomic E-state index is -0.107. The van der Waals surface area contributed by atoms with E-state index in [4.69, 9.17) is 4.74 Å². The van der Waals surface area contributed by atoms with Gasteiger partial charge in [0, 0.05) is 30.6 Å². The van der Waals surface area contributed by atoms with Crippen molar-refractivity contribution >= 4 is 0 Å². The largest absolute Gasteiger partial charge is 0.487 e. The van der Waals surface area contributed by atoms with Crippen molar-refractivity contribution < 1.29 is 4.74 Å². The number of nitrogens with one attached hydrogen (secondary N) is 1. The van der Waals surface area contributed by atoms with Gasteiger partial charge in [0.2, 0.25) is 0 Å². The lowest BCUT2D eigenvalue weighted by molar-refractivity contribution is 0.0633. The van der Waals surface area contributed by atoms with E-state index in [0.717, 1.165) is 18.7 Å². The summed E-state index contributed by atoms with van der Waals surface area (Å²) in [6, 6.07) is 9.20. The van der Waals surface area contributed by atoms with E-state index in [2.05, 4.69) is 63.3 Å². The maximum absolute atomic E-state index is 6.06. The Morgan fingerprint density at radius 1 is 1.37 bits per heavy atom. The van der Waals surface area contributed by atoms with Gasteiger partial charge in [0.05, 0.1) is 0 Å². The Morgan fingerprint density at radius 3 is 2.74 bits per heavy atom. The van der Waals surface area contributed by atoms with Crippen LogP contribution in [0.25, 0.3) is 0 Å². The van der Waals surface area contributed by atoms with Crippen LogP contribution in [-0.2, 0) is 0 Å². The average molecular weight is 262 g/mol. The number of hydrogen-bond donors (Lipinski definition) is 1. The highest BCUT2D eigenvalue weighted by molar-refractivity contribution is 5.38. The van der Waals surface area contributed by atoms with Crippen LogP contribution in [0.5, 0.6) is 5.75 Å². The Bertz CT molecular complexity index is 429. The van der Waals surface area contributed by atoms with Gasteiger partial charge >= 0.3 is 0 Å². The molecular formula is C16H26N2O. The molecule has 1 aliphatic heterocycles. The van der Waals surface area contributed by atoms with E-state index in [1.54, 1.807) is 0 Å². The molecule has 0 radical (unpaired) electrons. The highest BCUT2D eigenvalue weighted by atomic mass is 16.5. The first-order valence-corrected chi connectivity index (χ1v) is 7.06. The van der Waals surface area contributed by atoms with Gasteiger partial charge in [-0.2, -0.15) is 0 Å². The van der Waals surface area contributed by atoms with Gasteiger partial charge in [-0.1, -0.05) is 18.2 Å². The molecule has 0 fully saturated rings. The lowest BCUT2D eigenvalue weighted by Gasteiger charge is -2.39. The van der Waals surface area contributed by atoms with Gasteiger partial charge in [-0.25, -0.2) is 0 Å². The summed E-state index contributed by atoms with van der Waals surface area (Å²) in [7, 11) is 4.22. The average Bonchev–Trinajstić information content (AvgIpc) is 2.26. The van der Waals surface area contributed by atoms with Crippen LogP contribution in [0.15, 0.2) is 24.3 Å². The number of benzene rings is 1. The highest BCUT2D eigenvalue weighted by Crippen LogP contribution is 2.39. The van der Waals surface area contributed by atoms with E-state index in [9.17, 15) is 0 Å². The number of fused-ring (bicyclic) bond motifs is 1. The summed E-state index contributed by atoms with van der Waals surface area (Å²) in [6.07, 6.45) is 1.00. The molecule has 0 saturated heterocycles. The molecule has 0 spiro atoms. The molecule has 2 rings (SSSR count). The minimum absolute atomic E-state index is 0.107. The minimum Gasteiger partial charge on any atom is -0.487 e. The van der Waals surface area contributed by atoms with Crippen molar-refractivity contribution in [3.05, 3.63) is 29.8 Å². The molecule has 1 aromatic rings. The van der Waals surface area contributed by atoms with E-state index < -0.39 is 0 Å². The van der Waals surface area contributed by atoms with Gasteiger partial charge in [0.15, 0.2) is 0 Å². The van der Waals surface area contributed by atoms with Crippen molar-refractivity contribution in [2.75, 3.05) is 20.6 Å².